The molecule has 3 atom stereocenters. The van der Waals surface area contributed by atoms with Crippen LogP contribution in [0.4, 0.5) is 0 Å². The average molecular weight is 422 g/mol. The molecule has 2 N–H and O–H groups in total. The number of para-hydroxylation sites is 1. The first-order chi connectivity index (χ1) is 13.9. The number of aromatic nitrogens is 2. The molecule has 0 spiro atoms. The zero-order valence-corrected chi connectivity index (χ0v) is 17.4. The standard InChI is InChI=1S/C19H27N5O4S/c1-13-18(14(2)21-20-13)29(25,26)24-10-6-7-15(11-24)19-23-22-17(28-19)12-27-16-8-4-3-5-9-16/h3-5,8-9,13-15,18,20-21H,6-7,10-12H2,1-2H3. The predicted molar refractivity (Wildman–Crippen MR) is 107 cm³/mol. The van der Waals surface area contributed by atoms with Crippen molar-refractivity contribution >= 4 is 10.0 Å². The van der Waals surface area contributed by atoms with E-state index in [0.29, 0.717) is 24.9 Å². The van der Waals surface area contributed by atoms with Crippen LogP contribution in [0, 0.1) is 0 Å². The van der Waals surface area contributed by atoms with E-state index >= 15 is 0 Å². The minimum absolute atomic E-state index is 0.107. The van der Waals surface area contributed by atoms with Crippen molar-refractivity contribution < 1.29 is 17.6 Å². The van der Waals surface area contributed by atoms with Gasteiger partial charge in [-0.25, -0.2) is 12.7 Å². The summed E-state index contributed by atoms with van der Waals surface area (Å²) in [6.07, 6.45) is 1.58. The molecule has 0 aliphatic carbocycles. The quantitative estimate of drug-likeness (QED) is 0.721. The van der Waals surface area contributed by atoms with E-state index in [1.807, 2.05) is 44.2 Å². The number of hydrazine groups is 1. The second-order valence-corrected chi connectivity index (χ2v) is 9.80. The molecule has 3 heterocycles. The van der Waals surface area contributed by atoms with Gasteiger partial charge >= 0.3 is 0 Å². The first-order valence-corrected chi connectivity index (χ1v) is 11.5. The van der Waals surface area contributed by atoms with Crippen molar-refractivity contribution in [2.45, 2.75) is 56.5 Å². The molecule has 0 amide bonds. The third-order valence-electron chi connectivity index (χ3n) is 5.55. The highest BCUT2D eigenvalue weighted by Gasteiger charge is 2.45. The summed E-state index contributed by atoms with van der Waals surface area (Å²) in [4.78, 5) is 0. The van der Waals surface area contributed by atoms with Crippen LogP contribution in [-0.2, 0) is 16.6 Å². The van der Waals surface area contributed by atoms with E-state index in [-0.39, 0.29) is 24.6 Å². The summed E-state index contributed by atoms with van der Waals surface area (Å²) >= 11 is 0. The Morgan fingerprint density at radius 2 is 1.90 bits per heavy atom. The molecule has 1 aromatic carbocycles. The van der Waals surface area contributed by atoms with Crippen LogP contribution < -0.4 is 15.6 Å². The van der Waals surface area contributed by atoms with Crippen LogP contribution in [0.2, 0.25) is 0 Å². The second kappa shape index (κ2) is 8.39. The molecule has 9 nitrogen and oxygen atoms in total. The predicted octanol–water partition coefficient (Wildman–Crippen LogP) is 1.41. The Labute approximate surface area is 170 Å². The van der Waals surface area contributed by atoms with Gasteiger partial charge in [-0.2, -0.15) is 0 Å². The van der Waals surface area contributed by atoms with Gasteiger partial charge in [0.25, 0.3) is 5.89 Å². The minimum atomic E-state index is -3.45. The number of sulfonamides is 1. The molecule has 4 rings (SSSR count). The number of nitrogens with one attached hydrogen (secondary N) is 2. The zero-order chi connectivity index (χ0) is 20.4. The van der Waals surface area contributed by atoms with Crippen molar-refractivity contribution in [1.29, 1.82) is 0 Å². The summed E-state index contributed by atoms with van der Waals surface area (Å²) in [5, 5.41) is 7.72. The van der Waals surface area contributed by atoms with Gasteiger partial charge in [0.2, 0.25) is 15.9 Å². The van der Waals surface area contributed by atoms with E-state index in [1.54, 1.807) is 4.31 Å². The molecule has 158 valence electrons. The summed E-state index contributed by atoms with van der Waals surface area (Å²) in [7, 11) is -3.45. The molecular formula is C19H27N5O4S. The third-order valence-corrected chi connectivity index (χ3v) is 8.11. The fourth-order valence-electron chi connectivity index (χ4n) is 4.08. The van der Waals surface area contributed by atoms with E-state index in [0.717, 1.165) is 18.6 Å². The summed E-state index contributed by atoms with van der Waals surface area (Å²) in [6.45, 7) is 4.83. The van der Waals surface area contributed by atoms with E-state index in [4.69, 9.17) is 9.15 Å². The highest BCUT2D eigenvalue weighted by Crippen LogP contribution is 2.30. The van der Waals surface area contributed by atoms with Crippen LogP contribution in [0.5, 0.6) is 5.75 Å². The smallest absolute Gasteiger partial charge is 0.253 e. The van der Waals surface area contributed by atoms with Gasteiger partial charge in [-0.15, -0.1) is 10.2 Å². The van der Waals surface area contributed by atoms with E-state index in [2.05, 4.69) is 21.0 Å². The van der Waals surface area contributed by atoms with Gasteiger partial charge in [0, 0.05) is 25.2 Å². The first-order valence-electron chi connectivity index (χ1n) is 9.95. The van der Waals surface area contributed by atoms with E-state index in [1.165, 1.54) is 0 Å². The number of hydrogen-bond acceptors (Lipinski definition) is 8. The Bertz CT molecular complexity index is 910. The van der Waals surface area contributed by atoms with Gasteiger partial charge < -0.3 is 9.15 Å². The molecule has 0 saturated carbocycles. The maximum absolute atomic E-state index is 13.2. The molecule has 2 saturated heterocycles. The largest absolute Gasteiger partial charge is 0.484 e. The molecule has 2 fully saturated rings. The maximum Gasteiger partial charge on any atom is 0.253 e. The highest BCUT2D eigenvalue weighted by atomic mass is 32.2. The van der Waals surface area contributed by atoms with Gasteiger partial charge in [0.1, 0.15) is 11.0 Å². The Hall–Kier alpha value is -2.01. The Morgan fingerprint density at radius 3 is 2.62 bits per heavy atom. The maximum atomic E-state index is 13.2. The highest BCUT2D eigenvalue weighted by molar-refractivity contribution is 7.89. The molecule has 29 heavy (non-hydrogen) atoms. The molecule has 0 radical (unpaired) electrons. The summed E-state index contributed by atoms with van der Waals surface area (Å²) in [5.41, 5.74) is 6.06. The van der Waals surface area contributed by atoms with Gasteiger partial charge in [0.15, 0.2) is 6.61 Å². The third kappa shape index (κ3) is 4.30. The first kappa shape index (κ1) is 20.3. The number of rotatable bonds is 6. The van der Waals surface area contributed by atoms with Crippen LogP contribution in [0.15, 0.2) is 34.7 Å². The summed E-state index contributed by atoms with van der Waals surface area (Å²) in [6, 6.07) is 9.11. The van der Waals surface area contributed by atoms with Crippen molar-refractivity contribution in [3.05, 3.63) is 42.1 Å². The summed E-state index contributed by atoms with van der Waals surface area (Å²) in [5.74, 6) is 1.48. The molecule has 1 aromatic heterocycles. The molecule has 0 bridgehead atoms. The number of ether oxygens (including phenoxy) is 1. The minimum Gasteiger partial charge on any atom is -0.484 e. The van der Waals surface area contributed by atoms with Crippen LogP contribution >= 0.6 is 0 Å². The zero-order valence-electron chi connectivity index (χ0n) is 16.6. The fraction of sp³-hybridized carbons (Fsp3) is 0.579. The average Bonchev–Trinajstić information content (AvgIpc) is 3.34. The molecule has 3 unspecified atom stereocenters. The van der Waals surface area contributed by atoms with Gasteiger partial charge in [-0.1, -0.05) is 18.2 Å². The second-order valence-electron chi connectivity index (χ2n) is 7.71. The van der Waals surface area contributed by atoms with Crippen molar-refractivity contribution in [2.75, 3.05) is 13.1 Å². The van der Waals surface area contributed by atoms with Crippen LogP contribution in [-0.4, -0.2) is 53.3 Å². The van der Waals surface area contributed by atoms with Crippen molar-refractivity contribution in [3.63, 3.8) is 0 Å². The SMILES string of the molecule is CC1NNC(C)C1S(=O)(=O)N1CCCC(c2nnc(COc3ccccc3)o2)C1. The lowest BCUT2D eigenvalue weighted by molar-refractivity contribution is 0.242. The van der Waals surface area contributed by atoms with Gasteiger partial charge in [0.05, 0.1) is 5.92 Å². The lowest BCUT2D eigenvalue weighted by Gasteiger charge is -2.33. The van der Waals surface area contributed by atoms with Crippen molar-refractivity contribution in [1.82, 2.24) is 25.4 Å². The monoisotopic (exact) mass is 421 g/mol. The van der Waals surface area contributed by atoms with Crippen LogP contribution in [0.1, 0.15) is 44.4 Å². The molecule has 2 aliphatic rings. The molecular weight excluding hydrogens is 394 g/mol. The van der Waals surface area contributed by atoms with E-state index in [9.17, 15) is 8.42 Å². The number of hydrogen-bond donors (Lipinski definition) is 2. The van der Waals surface area contributed by atoms with Crippen LogP contribution in [0.25, 0.3) is 0 Å². The molecule has 2 aromatic rings. The Kier molecular flexibility index (Phi) is 5.86. The number of benzene rings is 1. The van der Waals surface area contributed by atoms with Gasteiger partial charge in [-0.05, 0) is 38.8 Å². The lowest BCUT2D eigenvalue weighted by Crippen LogP contribution is -2.49. The number of nitrogens with zero attached hydrogens (tertiary/aromatic N) is 3. The topological polar surface area (TPSA) is 110 Å². The Balaban J connectivity index is 1.42. The summed E-state index contributed by atoms with van der Waals surface area (Å²) < 4.78 is 39.4. The molecule has 2 aliphatic heterocycles. The molecule has 10 heteroatoms. The van der Waals surface area contributed by atoms with Crippen LogP contribution in [0.3, 0.4) is 0 Å². The number of piperidine rings is 1. The normalized spacial score (nSPS) is 28.5. The Morgan fingerprint density at radius 1 is 1.17 bits per heavy atom. The fourth-order valence-corrected chi connectivity index (χ4v) is 6.36. The van der Waals surface area contributed by atoms with Gasteiger partial charge in [-0.3, -0.25) is 10.9 Å². The van der Waals surface area contributed by atoms with Crippen molar-refractivity contribution in [2.24, 2.45) is 0 Å². The van der Waals surface area contributed by atoms with E-state index < -0.39 is 15.3 Å². The van der Waals surface area contributed by atoms with Crippen molar-refractivity contribution in [3.8, 4) is 5.75 Å². The lowest BCUT2D eigenvalue weighted by atomic mass is 10.00.